The van der Waals surface area contributed by atoms with Crippen LogP contribution in [0.15, 0.2) is 0 Å². The van der Waals surface area contributed by atoms with Crippen LogP contribution >= 0.6 is 0 Å². The lowest BCUT2D eigenvalue weighted by molar-refractivity contribution is -0.119. The summed E-state index contributed by atoms with van der Waals surface area (Å²) in [6.07, 6.45) is 2.84. The Morgan fingerprint density at radius 1 is 1.64 bits per heavy atom. The number of amides is 1. The third-order valence-corrected chi connectivity index (χ3v) is 3.12. The minimum atomic E-state index is -0.250. The molecule has 2 atom stereocenters. The predicted molar refractivity (Wildman–Crippen MR) is 56.6 cm³/mol. The highest BCUT2D eigenvalue weighted by Crippen LogP contribution is 2.21. The summed E-state index contributed by atoms with van der Waals surface area (Å²) in [6.45, 7) is 4.87. The van der Waals surface area contributed by atoms with Crippen LogP contribution in [0.5, 0.6) is 0 Å². The summed E-state index contributed by atoms with van der Waals surface area (Å²) in [5.74, 6) is 0.525. The van der Waals surface area contributed by atoms with Crippen molar-refractivity contribution in [1.29, 1.82) is 0 Å². The molecule has 1 aliphatic rings. The van der Waals surface area contributed by atoms with Crippen LogP contribution in [0.2, 0.25) is 0 Å². The molecule has 0 aromatic rings. The van der Waals surface area contributed by atoms with Gasteiger partial charge in [0.15, 0.2) is 0 Å². The van der Waals surface area contributed by atoms with Gasteiger partial charge in [0.25, 0.3) is 0 Å². The zero-order valence-electron chi connectivity index (χ0n) is 8.91. The molecule has 4 nitrogen and oxygen atoms in total. The quantitative estimate of drug-likeness (QED) is 0.650. The van der Waals surface area contributed by atoms with E-state index in [4.69, 9.17) is 11.5 Å². The van der Waals surface area contributed by atoms with Crippen LogP contribution in [0, 0.1) is 5.92 Å². The first kappa shape index (κ1) is 11.5. The SMILES string of the molecule is CCC1CCN(C(CN)CC(N)=O)C1. The topological polar surface area (TPSA) is 72.3 Å². The molecule has 4 N–H and O–H groups in total. The van der Waals surface area contributed by atoms with Gasteiger partial charge in [0.1, 0.15) is 0 Å². The van der Waals surface area contributed by atoms with Gasteiger partial charge in [0.05, 0.1) is 0 Å². The highest BCUT2D eigenvalue weighted by atomic mass is 16.1. The average Bonchev–Trinajstić information content (AvgIpc) is 2.62. The van der Waals surface area contributed by atoms with Gasteiger partial charge >= 0.3 is 0 Å². The molecule has 1 amide bonds. The van der Waals surface area contributed by atoms with Crippen molar-refractivity contribution in [3.8, 4) is 0 Å². The summed E-state index contributed by atoms with van der Waals surface area (Å²) < 4.78 is 0. The van der Waals surface area contributed by atoms with Gasteiger partial charge in [-0.1, -0.05) is 13.3 Å². The Labute approximate surface area is 85.6 Å². The zero-order valence-corrected chi connectivity index (χ0v) is 8.91. The second kappa shape index (κ2) is 5.32. The summed E-state index contributed by atoms with van der Waals surface area (Å²) >= 11 is 0. The molecule has 0 aromatic heterocycles. The zero-order chi connectivity index (χ0) is 10.6. The first-order chi connectivity index (χ1) is 6.67. The second-order valence-corrected chi connectivity index (χ2v) is 4.12. The first-order valence-electron chi connectivity index (χ1n) is 5.39. The second-order valence-electron chi connectivity index (χ2n) is 4.12. The fourth-order valence-electron chi connectivity index (χ4n) is 2.12. The smallest absolute Gasteiger partial charge is 0.219 e. The van der Waals surface area contributed by atoms with Crippen LogP contribution in [0.25, 0.3) is 0 Å². The summed E-state index contributed by atoms with van der Waals surface area (Å²) in [5, 5.41) is 0. The lowest BCUT2D eigenvalue weighted by Crippen LogP contribution is -2.41. The van der Waals surface area contributed by atoms with Crippen molar-refractivity contribution in [2.75, 3.05) is 19.6 Å². The number of hydrogen-bond donors (Lipinski definition) is 2. The number of carbonyl (C=O) groups excluding carboxylic acids is 1. The number of nitrogens with zero attached hydrogens (tertiary/aromatic N) is 1. The molecule has 1 rings (SSSR count). The van der Waals surface area contributed by atoms with Crippen molar-refractivity contribution in [3.05, 3.63) is 0 Å². The highest BCUT2D eigenvalue weighted by Gasteiger charge is 2.27. The normalized spacial score (nSPS) is 25.1. The summed E-state index contributed by atoms with van der Waals surface area (Å²) in [6, 6.07) is 0.157. The third kappa shape index (κ3) is 2.96. The number of likely N-dealkylation sites (tertiary alicyclic amines) is 1. The van der Waals surface area contributed by atoms with E-state index in [-0.39, 0.29) is 11.9 Å². The average molecular weight is 199 g/mol. The molecular weight excluding hydrogens is 178 g/mol. The number of carbonyl (C=O) groups is 1. The monoisotopic (exact) mass is 199 g/mol. The van der Waals surface area contributed by atoms with Gasteiger partial charge in [0, 0.05) is 25.6 Å². The molecule has 0 saturated carbocycles. The van der Waals surface area contributed by atoms with Crippen LogP contribution in [0.1, 0.15) is 26.2 Å². The van der Waals surface area contributed by atoms with E-state index in [0.29, 0.717) is 13.0 Å². The Balaban J connectivity index is 2.42. The Kier molecular flexibility index (Phi) is 4.35. The van der Waals surface area contributed by atoms with E-state index in [0.717, 1.165) is 19.0 Å². The largest absolute Gasteiger partial charge is 0.370 e. The van der Waals surface area contributed by atoms with Gasteiger partial charge in [-0.2, -0.15) is 0 Å². The van der Waals surface area contributed by atoms with Gasteiger partial charge < -0.3 is 11.5 Å². The summed E-state index contributed by atoms with van der Waals surface area (Å²) in [7, 11) is 0. The summed E-state index contributed by atoms with van der Waals surface area (Å²) in [4.78, 5) is 13.1. The molecule has 82 valence electrons. The van der Waals surface area contributed by atoms with Crippen LogP contribution in [0.4, 0.5) is 0 Å². The Bertz CT molecular complexity index is 196. The van der Waals surface area contributed by atoms with Gasteiger partial charge in [-0.25, -0.2) is 0 Å². The molecule has 4 heteroatoms. The standard InChI is InChI=1S/C10H21N3O/c1-2-8-3-4-13(7-8)9(6-11)5-10(12)14/h8-9H,2-7,11H2,1H3,(H2,12,14). The van der Waals surface area contributed by atoms with Crippen molar-refractivity contribution in [2.24, 2.45) is 17.4 Å². The van der Waals surface area contributed by atoms with E-state index >= 15 is 0 Å². The van der Waals surface area contributed by atoms with Gasteiger partial charge in [0.2, 0.25) is 5.91 Å². The van der Waals surface area contributed by atoms with Crippen LogP contribution < -0.4 is 11.5 Å². The lowest BCUT2D eigenvalue weighted by atomic mass is 10.1. The predicted octanol–water partition coefficient (Wildman–Crippen LogP) is -0.0790. The molecule has 2 unspecified atom stereocenters. The molecule has 0 radical (unpaired) electrons. The van der Waals surface area contributed by atoms with E-state index in [1.165, 1.54) is 12.8 Å². The summed E-state index contributed by atoms with van der Waals surface area (Å²) in [5.41, 5.74) is 10.8. The van der Waals surface area contributed by atoms with E-state index in [2.05, 4.69) is 11.8 Å². The molecule has 1 heterocycles. The molecule has 1 saturated heterocycles. The van der Waals surface area contributed by atoms with E-state index in [1.807, 2.05) is 0 Å². The van der Waals surface area contributed by atoms with Gasteiger partial charge in [-0.05, 0) is 18.9 Å². The fourth-order valence-corrected chi connectivity index (χ4v) is 2.12. The maximum absolute atomic E-state index is 10.8. The van der Waals surface area contributed by atoms with Crippen molar-refractivity contribution in [2.45, 2.75) is 32.2 Å². The number of primary amides is 1. The molecule has 0 aliphatic carbocycles. The molecule has 14 heavy (non-hydrogen) atoms. The van der Waals surface area contributed by atoms with Crippen molar-refractivity contribution < 1.29 is 4.79 Å². The van der Waals surface area contributed by atoms with Crippen molar-refractivity contribution in [1.82, 2.24) is 4.90 Å². The van der Waals surface area contributed by atoms with E-state index < -0.39 is 0 Å². The fraction of sp³-hybridized carbons (Fsp3) is 0.900. The van der Waals surface area contributed by atoms with Crippen LogP contribution in [-0.4, -0.2) is 36.5 Å². The van der Waals surface area contributed by atoms with Crippen LogP contribution in [0.3, 0.4) is 0 Å². The van der Waals surface area contributed by atoms with E-state index in [1.54, 1.807) is 0 Å². The molecule has 0 bridgehead atoms. The third-order valence-electron chi connectivity index (χ3n) is 3.12. The Hall–Kier alpha value is -0.610. The molecule has 0 spiro atoms. The number of nitrogens with two attached hydrogens (primary N) is 2. The number of hydrogen-bond acceptors (Lipinski definition) is 3. The lowest BCUT2D eigenvalue weighted by Gasteiger charge is -2.25. The maximum atomic E-state index is 10.8. The highest BCUT2D eigenvalue weighted by molar-refractivity contribution is 5.74. The molecule has 1 fully saturated rings. The molecular formula is C10H21N3O. The van der Waals surface area contributed by atoms with E-state index in [9.17, 15) is 4.79 Å². The van der Waals surface area contributed by atoms with Crippen molar-refractivity contribution in [3.63, 3.8) is 0 Å². The Morgan fingerprint density at radius 3 is 2.79 bits per heavy atom. The molecule has 0 aromatic carbocycles. The Morgan fingerprint density at radius 2 is 2.36 bits per heavy atom. The minimum absolute atomic E-state index is 0.157. The maximum Gasteiger partial charge on any atom is 0.219 e. The minimum Gasteiger partial charge on any atom is -0.370 e. The van der Waals surface area contributed by atoms with Crippen LogP contribution in [-0.2, 0) is 4.79 Å². The van der Waals surface area contributed by atoms with Gasteiger partial charge in [-0.3, -0.25) is 9.69 Å². The number of rotatable bonds is 5. The van der Waals surface area contributed by atoms with Gasteiger partial charge in [-0.15, -0.1) is 0 Å². The van der Waals surface area contributed by atoms with Crippen molar-refractivity contribution >= 4 is 5.91 Å². The molecule has 1 aliphatic heterocycles. The first-order valence-corrected chi connectivity index (χ1v) is 5.39.